The Morgan fingerprint density at radius 3 is 2.62 bits per heavy atom. The van der Waals surface area contributed by atoms with Crippen LogP contribution in [-0.4, -0.2) is 27.9 Å². The van der Waals surface area contributed by atoms with Crippen LogP contribution in [0.3, 0.4) is 0 Å². The van der Waals surface area contributed by atoms with E-state index in [0.29, 0.717) is 12.0 Å². The van der Waals surface area contributed by atoms with Crippen LogP contribution in [0.15, 0.2) is 24.3 Å². The topological polar surface area (TPSA) is 34.0 Å². The first-order valence-electron chi connectivity index (χ1n) is 7.79. The second-order valence-corrected chi connectivity index (χ2v) is 6.11. The molecule has 1 aliphatic rings. The minimum atomic E-state index is 0.424. The molecule has 2 heterocycles. The van der Waals surface area contributed by atoms with E-state index < -0.39 is 0 Å². The van der Waals surface area contributed by atoms with Gasteiger partial charge < -0.3 is 9.47 Å². The maximum atomic E-state index is 4.36. The van der Waals surface area contributed by atoms with Crippen LogP contribution in [0, 0.1) is 13.0 Å². The third-order valence-corrected chi connectivity index (χ3v) is 4.29. The van der Waals surface area contributed by atoms with Gasteiger partial charge in [0.2, 0.25) is 0 Å². The SMILES string of the molecule is Cc1nnc(C(C)C)n1C1CCN(c2c[c]ccc2)CC1. The zero-order valence-corrected chi connectivity index (χ0v) is 13.1. The fraction of sp³-hybridized carbons (Fsp3) is 0.529. The first kappa shape index (κ1) is 14.1. The Morgan fingerprint density at radius 2 is 2.00 bits per heavy atom. The van der Waals surface area contributed by atoms with Gasteiger partial charge in [0.25, 0.3) is 0 Å². The molecule has 0 N–H and O–H groups in total. The van der Waals surface area contributed by atoms with Gasteiger partial charge in [-0.3, -0.25) is 0 Å². The number of nitrogens with zero attached hydrogens (tertiary/aromatic N) is 4. The molecule has 0 bridgehead atoms. The minimum absolute atomic E-state index is 0.424. The Morgan fingerprint density at radius 1 is 1.24 bits per heavy atom. The highest BCUT2D eigenvalue weighted by Crippen LogP contribution is 2.29. The smallest absolute Gasteiger partial charge is 0.135 e. The van der Waals surface area contributed by atoms with Crippen LogP contribution in [0.4, 0.5) is 5.69 Å². The Bertz CT molecular complexity index is 580. The van der Waals surface area contributed by atoms with E-state index in [0.717, 1.165) is 37.6 Å². The third kappa shape index (κ3) is 2.80. The standard InChI is InChI=1S/C17H23N4/c1-13(2)17-19-18-14(3)21(17)16-9-11-20(12-10-16)15-7-5-4-6-8-15/h4-5,7-8,13,16H,9-12H2,1-3H3. The van der Waals surface area contributed by atoms with Gasteiger partial charge in [-0.15, -0.1) is 10.2 Å². The van der Waals surface area contributed by atoms with E-state index in [1.54, 1.807) is 0 Å². The Kier molecular flexibility index (Phi) is 3.95. The lowest BCUT2D eigenvalue weighted by Crippen LogP contribution is -2.35. The second kappa shape index (κ2) is 5.88. The van der Waals surface area contributed by atoms with E-state index in [4.69, 9.17) is 0 Å². The van der Waals surface area contributed by atoms with Crippen molar-refractivity contribution >= 4 is 5.69 Å². The summed E-state index contributed by atoms with van der Waals surface area (Å²) in [4.78, 5) is 2.45. The van der Waals surface area contributed by atoms with Gasteiger partial charge in [-0.2, -0.15) is 0 Å². The molecule has 1 radical (unpaired) electrons. The fourth-order valence-corrected chi connectivity index (χ4v) is 3.19. The van der Waals surface area contributed by atoms with Gasteiger partial charge in [-0.1, -0.05) is 26.0 Å². The minimum Gasteiger partial charge on any atom is -0.371 e. The molecule has 0 spiro atoms. The Hall–Kier alpha value is -1.84. The summed E-state index contributed by atoms with van der Waals surface area (Å²) >= 11 is 0. The molecule has 4 heteroatoms. The molecule has 1 fully saturated rings. The van der Waals surface area contributed by atoms with Gasteiger partial charge in [0, 0.05) is 30.7 Å². The van der Waals surface area contributed by atoms with Crippen LogP contribution in [0.25, 0.3) is 0 Å². The summed E-state index contributed by atoms with van der Waals surface area (Å²) in [7, 11) is 0. The van der Waals surface area contributed by atoms with E-state index in [1.165, 1.54) is 5.69 Å². The highest BCUT2D eigenvalue weighted by Gasteiger charge is 2.25. The van der Waals surface area contributed by atoms with Crippen molar-refractivity contribution in [2.75, 3.05) is 18.0 Å². The van der Waals surface area contributed by atoms with Gasteiger partial charge in [0.15, 0.2) is 0 Å². The lowest BCUT2D eigenvalue weighted by atomic mass is 10.0. The number of rotatable bonds is 3. The number of hydrogen-bond donors (Lipinski definition) is 0. The monoisotopic (exact) mass is 283 g/mol. The van der Waals surface area contributed by atoms with Crippen molar-refractivity contribution in [3.8, 4) is 0 Å². The van der Waals surface area contributed by atoms with Crippen LogP contribution in [0.2, 0.25) is 0 Å². The van der Waals surface area contributed by atoms with Crippen molar-refractivity contribution in [1.82, 2.24) is 14.8 Å². The van der Waals surface area contributed by atoms with Gasteiger partial charge in [0.1, 0.15) is 11.6 Å². The first-order valence-corrected chi connectivity index (χ1v) is 7.79. The molecule has 111 valence electrons. The lowest BCUT2D eigenvalue weighted by Gasteiger charge is -2.35. The van der Waals surface area contributed by atoms with Crippen LogP contribution >= 0.6 is 0 Å². The molecule has 1 aromatic heterocycles. The van der Waals surface area contributed by atoms with Crippen molar-refractivity contribution in [3.63, 3.8) is 0 Å². The Labute approximate surface area is 126 Å². The van der Waals surface area contributed by atoms with Crippen LogP contribution < -0.4 is 4.90 Å². The highest BCUT2D eigenvalue weighted by molar-refractivity contribution is 5.45. The number of piperidine rings is 1. The predicted molar refractivity (Wildman–Crippen MR) is 84.6 cm³/mol. The molecule has 1 aromatic carbocycles. The first-order chi connectivity index (χ1) is 10.2. The molecular weight excluding hydrogens is 260 g/mol. The van der Waals surface area contributed by atoms with Gasteiger partial charge >= 0.3 is 0 Å². The summed E-state index contributed by atoms with van der Waals surface area (Å²) in [6, 6.07) is 11.9. The van der Waals surface area contributed by atoms with Crippen molar-refractivity contribution < 1.29 is 0 Å². The van der Waals surface area contributed by atoms with E-state index >= 15 is 0 Å². The maximum absolute atomic E-state index is 4.36. The number of anilines is 1. The summed E-state index contributed by atoms with van der Waals surface area (Å²) in [6.07, 6.45) is 2.29. The van der Waals surface area contributed by atoms with Crippen molar-refractivity contribution in [2.45, 2.75) is 45.6 Å². The van der Waals surface area contributed by atoms with E-state index in [-0.39, 0.29) is 0 Å². The normalized spacial score (nSPS) is 16.7. The highest BCUT2D eigenvalue weighted by atomic mass is 15.3. The third-order valence-electron chi connectivity index (χ3n) is 4.29. The summed E-state index contributed by atoms with van der Waals surface area (Å²) in [5.41, 5.74) is 1.28. The molecule has 0 aliphatic carbocycles. The van der Waals surface area contributed by atoms with Crippen LogP contribution in [0.5, 0.6) is 0 Å². The van der Waals surface area contributed by atoms with Crippen LogP contribution in [-0.2, 0) is 0 Å². The molecule has 0 saturated carbocycles. The molecule has 1 saturated heterocycles. The lowest BCUT2D eigenvalue weighted by molar-refractivity contribution is 0.376. The second-order valence-electron chi connectivity index (χ2n) is 6.11. The predicted octanol–water partition coefficient (Wildman–Crippen LogP) is 3.35. The molecule has 1 aliphatic heterocycles. The Balaban J connectivity index is 1.73. The number of aryl methyl sites for hydroxylation is 1. The molecule has 21 heavy (non-hydrogen) atoms. The fourth-order valence-electron chi connectivity index (χ4n) is 3.19. The zero-order valence-electron chi connectivity index (χ0n) is 13.1. The molecule has 0 atom stereocenters. The van der Waals surface area contributed by atoms with Gasteiger partial charge in [0.05, 0.1) is 0 Å². The number of aromatic nitrogens is 3. The average molecular weight is 283 g/mol. The summed E-state index contributed by atoms with van der Waals surface area (Å²) in [6.45, 7) is 8.61. The summed E-state index contributed by atoms with van der Waals surface area (Å²) in [5.74, 6) is 2.59. The van der Waals surface area contributed by atoms with E-state index in [1.807, 2.05) is 6.07 Å². The average Bonchev–Trinajstić information content (AvgIpc) is 2.90. The number of hydrogen-bond acceptors (Lipinski definition) is 3. The maximum Gasteiger partial charge on any atom is 0.135 e. The molecule has 4 nitrogen and oxygen atoms in total. The number of benzene rings is 1. The summed E-state index contributed by atoms with van der Waals surface area (Å²) < 4.78 is 2.36. The largest absolute Gasteiger partial charge is 0.371 e. The van der Waals surface area contributed by atoms with Gasteiger partial charge in [-0.25, -0.2) is 0 Å². The van der Waals surface area contributed by atoms with E-state index in [2.05, 4.69) is 64.7 Å². The molecule has 2 aromatic rings. The summed E-state index contributed by atoms with van der Waals surface area (Å²) in [5, 5.41) is 8.65. The van der Waals surface area contributed by atoms with Crippen molar-refractivity contribution in [2.24, 2.45) is 0 Å². The van der Waals surface area contributed by atoms with Gasteiger partial charge in [-0.05, 0) is 38.0 Å². The van der Waals surface area contributed by atoms with Crippen molar-refractivity contribution in [1.29, 1.82) is 0 Å². The molecular formula is C17H23N4. The quantitative estimate of drug-likeness (QED) is 0.866. The van der Waals surface area contributed by atoms with Crippen molar-refractivity contribution in [3.05, 3.63) is 42.0 Å². The molecule has 3 rings (SSSR count). The van der Waals surface area contributed by atoms with Crippen LogP contribution in [0.1, 0.15) is 50.3 Å². The molecule has 0 amide bonds. The van der Waals surface area contributed by atoms with E-state index in [9.17, 15) is 0 Å². The molecule has 0 unspecified atom stereocenters. The zero-order chi connectivity index (χ0) is 14.8.